The molecule has 0 bridgehead atoms. The number of carbonyl (C=O) groups is 1. The first-order chi connectivity index (χ1) is 9.37. The fraction of sp³-hybridized carbons (Fsp3) is 0.923. The minimum atomic E-state index is -3.09. The van der Waals surface area contributed by atoms with Crippen LogP contribution in [0, 0.1) is 0 Å². The molecule has 1 unspecified atom stereocenters. The predicted molar refractivity (Wildman–Crippen MR) is 77.8 cm³/mol. The van der Waals surface area contributed by atoms with Crippen LogP contribution >= 0.6 is 0 Å². The van der Waals surface area contributed by atoms with E-state index < -0.39 is 15.6 Å². The lowest BCUT2D eigenvalue weighted by Crippen LogP contribution is -2.55. The van der Waals surface area contributed by atoms with Crippen LogP contribution in [0.2, 0.25) is 0 Å². The average Bonchev–Trinajstić information content (AvgIpc) is 2.88. The molecule has 2 aliphatic rings. The number of piperidine rings is 1. The van der Waals surface area contributed by atoms with E-state index in [0.717, 1.165) is 19.4 Å². The second-order valence-corrected chi connectivity index (χ2v) is 8.17. The Bertz CT molecular complexity index is 449. The van der Waals surface area contributed by atoms with Crippen molar-refractivity contribution in [1.82, 2.24) is 14.9 Å². The van der Waals surface area contributed by atoms with Gasteiger partial charge in [0.05, 0.1) is 11.3 Å². The number of amides is 1. The Morgan fingerprint density at radius 3 is 2.55 bits per heavy atom. The van der Waals surface area contributed by atoms with Crippen LogP contribution in [0.4, 0.5) is 0 Å². The highest BCUT2D eigenvalue weighted by Gasteiger charge is 2.37. The molecular formula is C13H25N3O3S. The van der Waals surface area contributed by atoms with Crippen molar-refractivity contribution >= 4 is 15.9 Å². The molecule has 0 aromatic carbocycles. The highest BCUT2D eigenvalue weighted by atomic mass is 32.2. The second-order valence-electron chi connectivity index (χ2n) is 5.91. The van der Waals surface area contributed by atoms with E-state index >= 15 is 0 Å². The van der Waals surface area contributed by atoms with Crippen molar-refractivity contribution in [1.29, 1.82) is 0 Å². The first-order valence-electron chi connectivity index (χ1n) is 7.41. The standard InChI is InChI=1S/C13H25N3O3S/c1-3-20(18,19)16-9-5-11(6-10-16)15-12(17)13(2)7-4-8-14-13/h11,14H,3-10H2,1-2H3,(H,15,17). The zero-order valence-electron chi connectivity index (χ0n) is 12.3. The van der Waals surface area contributed by atoms with E-state index in [1.54, 1.807) is 6.92 Å². The summed E-state index contributed by atoms with van der Waals surface area (Å²) in [6.07, 6.45) is 3.28. The van der Waals surface area contributed by atoms with E-state index in [0.29, 0.717) is 25.9 Å². The summed E-state index contributed by atoms with van der Waals surface area (Å²) in [4.78, 5) is 12.3. The van der Waals surface area contributed by atoms with E-state index in [1.165, 1.54) is 4.31 Å². The summed E-state index contributed by atoms with van der Waals surface area (Å²) in [7, 11) is -3.09. The van der Waals surface area contributed by atoms with Gasteiger partial charge in [0, 0.05) is 19.1 Å². The van der Waals surface area contributed by atoms with E-state index in [1.807, 2.05) is 6.92 Å². The van der Waals surface area contributed by atoms with Crippen LogP contribution in [0.1, 0.15) is 39.5 Å². The summed E-state index contributed by atoms with van der Waals surface area (Å²) in [6, 6.07) is 0.0880. The molecule has 7 heteroatoms. The van der Waals surface area contributed by atoms with Crippen molar-refractivity contribution in [3.8, 4) is 0 Å². The molecule has 0 spiro atoms. The van der Waals surface area contributed by atoms with Crippen molar-refractivity contribution in [3.63, 3.8) is 0 Å². The van der Waals surface area contributed by atoms with Gasteiger partial charge in [-0.25, -0.2) is 12.7 Å². The molecule has 2 fully saturated rings. The molecule has 2 N–H and O–H groups in total. The van der Waals surface area contributed by atoms with Crippen LogP contribution in [0.3, 0.4) is 0 Å². The van der Waals surface area contributed by atoms with Gasteiger partial charge in [0.1, 0.15) is 0 Å². The average molecular weight is 303 g/mol. The number of nitrogens with zero attached hydrogens (tertiary/aromatic N) is 1. The van der Waals surface area contributed by atoms with Crippen LogP contribution in [0.15, 0.2) is 0 Å². The third-order valence-corrected chi connectivity index (χ3v) is 6.30. The summed E-state index contributed by atoms with van der Waals surface area (Å²) >= 11 is 0. The molecule has 2 saturated heterocycles. The molecule has 0 saturated carbocycles. The molecular weight excluding hydrogens is 278 g/mol. The monoisotopic (exact) mass is 303 g/mol. The summed E-state index contributed by atoms with van der Waals surface area (Å²) in [5.74, 6) is 0.193. The van der Waals surface area contributed by atoms with Crippen molar-refractivity contribution in [2.24, 2.45) is 0 Å². The summed E-state index contributed by atoms with van der Waals surface area (Å²) in [5.41, 5.74) is -0.452. The van der Waals surface area contributed by atoms with Crippen molar-refractivity contribution in [2.75, 3.05) is 25.4 Å². The lowest BCUT2D eigenvalue weighted by atomic mass is 9.97. The molecule has 0 radical (unpaired) electrons. The van der Waals surface area contributed by atoms with Gasteiger partial charge in [-0.2, -0.15) is 0 Å². The van der Waals surface area contributed by atoms with Gasteiger partial charge in [0.25, 0.3) is 0 Å². The highest BCUT2D eigenvalue weighted by Crippen LogP contribution is 2.20. The number of nitrogens with one attached hydrogen (secondary N) is 2. The minimum absolute atomic E-state index is 0.0480. The minimum Gasteiger partial charge on any atom is -0.352 e. The molecule has 116 valence electrons. The predicted octanol–water partition coefficient (Wildman–Crippen LogP) is 0.0588. The topological polar surface area (TPSA) is 78.5 Å². The fourth-order valence-electron chi connectivity index (χ4n) is 2.89. The summed E-state index contributed by atoms with van der Waals surface area (Å²) < 4.78 is 25.1. The molecule has 0 aromatic heterocycles. The maximum Gasteiger partial charge on any atom is 0.240 e. The van der Waals surface area contributed by atoms with E-state index in [-0.39, 0.29) is 17.7 Å². The highest BCUT2D eigenvalue weighted by molar-refractivity contribution is 7.89. The third kappa shape index (κ3) is 3.32. The first-order valence-corrected chi connectivity index (χ1v) is 9.02. The van der Waals surface area contributed by atoms with Crippen LogP contribution in [0.5, 0.6) is 0 Å². The first kappa shape index (κ1) is 15.7. The molecule has 0 aromatic rings. The molecule has 20 heavy (non-hydrogen) atoms. The van der Waals surface area contributed by atoms with Gasteiger partial charge in [-0.15, -0.1) is 0 Å². The maximum absolute atomic E-state index is 12.3. The lowest BCUT2D eigenvalue weighted by Gasteiger charge is -2.33. The molecule has 2 heterocycles. The normalized spacial score (nSPS) is 29.5. The Kier molecular flexibility index (Phi) is 4.71. The number of carbonyl (C=O) groups excluding carboxylic acids is 1. The van der Waals surface area contributed by atoms with E-state index in [2.05, 4.69) is 10.6 Å². The molecule has 1 amide bonds. The number of rotatable bonds is 4. The second kappa shape index (κ2) is 5.99. The fourth-order valence-corrected chi connectivity index (χ4v) is 4.03. The van der Waals surface area contributed by atoms with Crippen LogP contribution in [-0.2, 0) is 14.8 Å². The SMILES string of the molecule is CCS(=O)(=O)N1CCC(NC(=O)C2(C)CCCN2)CC1. The smallest absolute Gasteiger partial charge is 0.240 e. The van der Waals surface area contributed by atoms with Crippen LogP contribution in [-0.4, -0.2) is 55.6 Å². The zero-order valence-corrected chi connectivity index (χ0v) is 13.1. The van der Waals surface area contributed by atoms with Gasteiger partial charge >= 0.3 is 0 Å². The molecule has 0 aliphatic carbocycles. The molecule has 1 atom stereocenters. The summed E-state index contributed by atoms with van der Waals surface area (Å²) in [6.45, 7) is 5.50. The molecule has 2 aliphatic heterocycles. The van der Waals surface area contributed by atoms with Crippen molar-refractivity contribution in [2.45, 2.75) is 51.1 Å². The number of hydrogen-bond acceptors (Lipinski definition) is 4. The maximum atomic E-state index is 12.3. The van der Waals surface area contributed by atoms with Crippen LogP contribution < -0.4 is 10.6 Å². The Labute approximate surface area is 121 Å². The van der Waals surface area contributed by atoms with E-state index in [4.69, 9.17) is 0 Å². The van der Waals surface area contributed by atoms with Gasteiger partial charge in [0.2, 0.25) is 15.9 Å². The third-order valence-electron chi connectivity index (χ3n) is 4.42. The van der Waals surface area contributed by atoms with Crippen molar-refractivity contribution in [3.05, 3.63) is 0 Å². The Hall–Kier alpha value is -0.660. The Balaban J connectivity index is 1.84. The van der Waals surface area contributed by atoms with Gasteiger partial charge in [-0.1, -0.05) is 0 Å². The van der Waals surface area contributed by atoms with E-state index in [9.17, 15) is 13.2 Å². The van der Waals surface area contributed by atoms with Gasteiger partial charge < -0.3 is 10.6 Å². The quantitative estimate of drug-likeness (QED) is 0.770. The Morgan fingerprint density at radius 2 is 2.05 bits per heavy atom. The molecule has 6 nitrogen and oxygen atoms in total. The van der Waals surface area contributed by atoms with Gasteiger partial charge in [0.15, 0.2) is 0 Å². The number of hydrogen-bond donors (Lipinski definition) is 2. The van der Waals surface area contributed by atoms with Crippen LogP contribution in [0.25, 0.3) is 0 Å². The number of sulfonamides is 1. The van der Waals surface area contributed by atoms with Gasteiger partial charge in [-0.3, -0.25) is 4.79 Å². The summed E-state index contributed by atoms with van der Waals surface area (Å²) in [5, 5.41) is 6.31. The van der Waals surface area contributed by atoms with Gasteiger partial charge in [-0.05, 0) is 46.1 Å². The zero-order chi connectivity index (χ0) is 14.8. The Morgan fingerprint density at radius 1 is 1.40 bits per heavy atom. The molecule has 2 rings (SSSR count). The van der Waals surface area contributed by atoms with Crippen molar-refractivity contribution < 1.29 is 13.2 Å². The largest absolute Gasteiger partial charge is 0.352 e. The lowest BCUT2D eigenvalue weighted by molar-refractivity contribution is -0.127.